The van der Waals surface area contributed by atoms with E-state index in [1.165, 1.54) is 12.8 Å². The Morgan fingerprint density at radius 3 is 2.33 bits per heavy atom. The van der Waals surface area contributed by atoms with E-state index in [-0.39, 0.29) is 24.9 Å². The van der Waals surface area contributed by atoms with Crippen LogP contribution in [-0.2, 0) is 9.59 Å². The first-order chi connectivity index (χ1) is 11.6. The summed E-state index contributed by atoms with van der Waals surface area (Å²) < 4.78 is 5.09. The topological polar surface area (TPSA) is 70.7 Å². The molecule has 1 aliphatic carbocycles. The smallest absolute Gasteiger partial charge is 0.238 e. The number of likely N-dealkylation sites (N-methyl/N-ethyl adjacent to an activating group) is 1. The monoisotopic (exact) mass is 333 g/mol. The Kier molecular flexibility index (Phi) is 7.06. The van der Waals surface area contributed by atoms with Gasteiger partial charge in [0, 0.05) is 11.7 Å². The highest BCUT2D eigenvalue weighted by Crippen LogP contribution is 2.17. The average Bonchev–Trinajstić information content (AvgIpc) is 3.07. The molecule has 1 aromatic rings. The van der Waals surface area contributed by atoms with E-state index in [2.05, 4.69) is 10.6 Å². The summed E-state index contributed by atoms with van der Waals surface area (Å²) in [5, 5.41) is 5.89. The molecule has 6 nitrogen and oxygen atoms in total. The largest absolute Gasteiger partial charge is 0.497 e. The molecule has 0 aromatic heterocycles. The number of anilines is 1. The Balaban J connectivity index is 1.77. The van der Waals surface area contributed by atoms with E-state index < -0.39 is 0 Å². The van der Waals surface area contributed by atoms with E-state index >= 15 is 0 Å². The highest BCUT2D eigenvalue weighted by Gasteiger charge is 2.19. The quantitative estimate of drug-likeness (QED) is 0.763. The van der Waals surface area contributed by atoms with Crippen molar-refractivity contribution in [3.05, 3.63) is 24.3 Å². The molecule has 2 rings (SSSR count). The fourth-order valence-corrected chi connectivity index (χ4v) is 2.90. The van der Waals surface area contributed by atoms with Gasteiger partial charge in [-0.1, -0.05) is 19.8 Å². The number of benzene rings is 1. The lowest BCUT2D eigenvalue weighted by Crippen LogP contribution is -2.43. The molecular formula is C18H27N3O3. The van der Waals surface area contributed by atoms with Crippen LogP contribution in [0.15, 0.2) is 24.3 Å². The van der Waals surface area contributed by atoms with Crippen LogP contribution in [0.5, 0.6) is 5.75 Å². The normalized spacial score (nSPS) is 14.6. The first-order valence-electron chi connectivity index (χ1n) is 8.56. The predicted molar refractivity (Wildman–Crippen MR) is 94.1 cm³/mol. The molecule has 24 heavy (non-hydrogen) atoms. The molecule has 6 heteroatoms. The SMILES string of the molecule is CCN(CC(=O)Nc1ccc(OC)cc1)CC(=O)NC1CCCC1. The van der Waals surface area contributed by atoms with Crippen molar-refractivity contribution in [3.63, 3.8) is 0 Å². The lowest BCUT2D eigenvalue weighted by Gasteiger charge is -2.21. The van der Waals surface area contributed by atoms with Crippen molar-refractivity contribution in [1.82, 2.24) is 10.2 Å². The van der Waals surface area contributed by atoms with Crippen molar-refractivity contribution >= 4 is 17.5 Å². The molecule has 0 spiro atoms. The summed E-state index contributed by atoms with van der Waals surface area (Å²) in [6.07, 6.45) is 4.51. The van der Waals surface area contributed by atoms with Crippen LogP contribution in [-0.4, -0.2) is 49.5 Å². The Morgan fingerprint density at radius 1 is 1.12 bits per heavy atom. The van der Waals surface area contributed by atoms with Gasteiger partial charge in [0.15, 0.2) is 0 Å². The van der Waals surface area contributed by atoms with Gasteiger partial charge in [-0.05, 0) is 43.7 Å². The third kappa shape index (κ3) is 5.85. The first-order valence-corrected chi connectivity index (χ1v) is 8.56. The zero-order valence-electron chi connectivity index (χ0n) is 14.5. The maximum Gasteiger partial charge on any atom is 0.238 e. The number of rotatable bonds is 8. The van der Waals surface area contributed by atoms with E-state index in [0.717, 1.165) is 18.6 Å². The van der Waals surface area contributed by atoms with Gasteiger partial charge in [0.05, 0.1) is 20.2 Å². The van der Waals surface area contributed by atoms with Gasteiger partial charge in [-0.3, -0.25) is 14.5 Å². The number of methoxy groups -OCH3 is 1. The Bertz CT molecular complexity index is 539. The van der Waals surface area contributed by atoms with E-state index in [4.69, 9.17) is 4.74 Å². The summed E-state index contributed by atoms with van der Waals surface area (Å²) in [4.78, 5) is 26.1. The van der Waals surface area contributed by atoms with E-state index in [1.807, 2.05) is 11.8 Å². The molecule has 1 fully saturated rings. The molecule has 0 heterocycles. The highest BCUT2D eigenvalue weighted by atomic mass is 16.5. The molecule has 0 atom stereocenters. The molecule has 0 radical (unpaired) electrons. The summed E-state index contributed by atoms with van der Waals surface area (Å²) in [6, 6.07) is 7.48. The van der Waals surface area contributed by atoms with Crippen LogP contribution in [0.25, 0.3) is 0 Å². The number of hydrogen-bond acceptors (Lipinski definition) is 4. The average molecular weight is 333 g/mol. The Morgan fingerprint density at radius 2 is 1.75 bits per heavy atom. The standard InChI is InChI=1S/C18H27N3O3/c1-3-21(12-17(22)19-14-6-4-5-7-14)13-18(23)20-15-8-10-16(24-2)11-9-15/h8-11,14H,3-7,12-13H2,1-2H3,(H,19,22)(H,20,23). The third-order valence-corrected chi connectivity index (χ3v) is 4.28. The van der Waals surface area contributed by atoms with Crippen molar-refractivity contribution in [3.8, 4) is 5.75 Å². The Labute approximate surface area is 143 Å². The minimum atomic E-state index is -0.129. The number of ether oxygens (including phenoxy) is 1. The number of carbonyl (C=O) groups is 2. The third-order valence-electron chi connectivity index (χ3n) is 4.28. The molecule has 132 valence electrons. The van der Waals surface area contributed by atoms with Gasteiger partial charge in [0.2, 0.25) is 11.8 Å². The molecule has 1 aromatic carbocycles. The maximum absolute atomic E-state index is 12.1. The minimum Gasteiger partial charge on any atom is -0.497 e. The molecule has 0 saturated heterocycles. The van der Waals surface area contributed by atoms with Gasteiger partial charge < -0.3 is 15.4 Å². The lowest BCUT2D eigenvalue weighted by atomic mass is 10.2. The van der Waals surface area contributed by atoms with Crippen molar-refractivity contribution < 1.29 is 14.3 Å². The fourth-order valence-electron chi connectivity index (χ4n) is 2.90. The highest BCUT2D eigenvalue weighted by molar-refractivity contribution is 5.92. The second-order valence-electron chi connectivity index (χ2n) is 6.13. The number of carbonyl (C=O) groups excluding carboxylic acids is 2. The molecule has 0 aliphatic heterocycles. The molecule has 2 N–H and O–H groups in total. The zero-order chi connectivity index (χ0) is 17.4. The maximum atomic E-state index is 12.1. The number of nitrogens with one attached hydrogen (secondary N) is 2. The first kappa shape index (κ1) is 18.3. The van der Waals surface area contributed by atoms with Crippen molar-refractivity contribution in [2.75, 3.05) is 32.1 Å². The fraction of sp³-hybridized carbons (Fsp3) is 0.556. The summed E-state index contributed by atoms with van der Waals surface area (Å²) >= 11 is 0. The van der Waals surface area contributed by atoms with Gasteiger partial charge in [-0.15, -0.1) is 0 Å². The van der Waals surface area contributed by atoms with E-state index in [9.17, 15) is 9.59 Å². The molecular weight excluding hydrogens is 306 g/mol. The van der Waals surface area contributed by atoms with Crippen LogP contribution in [0.3, 0.4) is 0 Å². The van der Waals surface area contributed by atoms with E-state index in [0.29, 0.717) is 18.3 Å². The predicted octanol–water partition coefficient (Wildman–Crippen LogP) is 2.01. The summed E-state index contributed by atoms with van der Waals surface area (Å²) in [7, 11) is 1.60. The van der Waals surface area contributed by atoms with Crippen LogP contribution >= 0.6 is 0 Å². The van der Waals surface area contributed by atoms with Gasteiger partial charge in [-0.25, -0.2) is 0 Å². The van der Waals surface area contributed by atoms with Crippen LogP contribution < -0.4 is 15.4 Å². The van der Waals surface area contributed by atoms with Crippen LogP contribution in [0, 0.1) is 0 Å². The summed E-state index contributed by atoms with van der Waals surface area (Å²) in [5.74, 6) is 0.614. The second-order valence-corrected chi connectivity index (χ2v) is 6.13. The van der Waals surface area contributed by atoms with Gasteiger partial charge in [-0.2, -0.15) is 0 Å². The van der Waals surface area contributed by atoms with Crippen molar-refractivity contribution in [1.29, 1.82) is 0 Å². The van der Waals surface area contributed by atoms with Gasteiger partial charge >= 0.3 is 0 Å². The number of amides is 2. The summed E-state index contributed by atoms with van der Waals surface area (Å²) in [5.41, 5.74) is 0.715. The molecule has 2 amide bonds. The van der Waals surface area contributed by atoms with Gasteiger partial charge in [0.25, 0.3) is 0 Å². The Hall–Kier alpha value is -2.08. The summed E-state index contributed by atoms with van der Waals surface area (Å²) in [6.45, 7) is 3.04. The molecule has 1 aliphatic rings. The zero-order valence-corrected chi connectivity index (χ0v) is 14.5. The molecule has 0 bridgehead atoms. The van der Waals surface area contributed by atoms with Crippen molar-refractivity contribution in [2.24, 2.45) is 0 Å². The number of hydrogen-bond donors (Lipinski definition) is 2. The van der Waals surface area contributed by atoms with Gasteiger partial charge in [0.1, 0.15) is 5.75 Å². The minimum absolute atomic E-state index is 0.000924. The van der Waals surface area contributed by atoms with Crippen LogP contribution in [0.2, 0.25) is 0 Å². The molecule has 1 saturated carbocycles. The second kappa shape index (κ2) is 9.27. The van der Waals surface area contributed by atoms with Crippen LogP contribution in [0.4, 0.5) is 5.69 Å². The molecule has 0 unspecified atom stereocenters. The lowest BCUT2D eigenvalue weighted by molar-refractivity contribution is -0.123. The van der Waals surface area contributed by atoms with Crippen LogP contribution in [0.1, 0.15) is 32.6 Å². The number of nitrogens with zero attached hydrogens (tertiary/aromatic N) is 1. The van der Waals surface area contributed by atoms with Crippen molar-refractivity contribution in [2.45, 2.75) is 38.6 Å². The van der Waals surface area contributed by atoms with E-state index in [1.54, 1.807) is 31.4 Å².